The summed E-state index contributed by atoms with van der Waals surface area (Å²) in [6.45, 7) is 14.8. The molecule has 0 saturated carbocycles. The standard InChI is InChI=1S/C39H46N4O4.C35H39N3O2/c1-5-34(29-13-8-6-9-14-29)37(31-18-21-35-32(27-31)28-40-41-35)30-16-19-33(20-17-30)46-26-25-43(38(45)47-39(2,3)4)24-12-15-36(44)42-22-10-7-11-23-42;1-2-32(27-13-7-5-8-14-27)35(29-18-21-33-30(25-29)26-36-37-33)28-16-19-31(20-17-28)40-24-12-4-3-9-15-34(39)38-22-10-6-11-23-38/h6,8-9,12-21,27-28H,5,7,10-11,22-26H2,1-4H3,(H,40,41);5,7-9,13-21,25-26H,2-4,6,10-12,22-24H2,1H3,(H,36,37)/b15-12+,37-34+;15-9+,35-32+. The van der Waals surface area contributed by atoms with E-state index >= 15 is 0 Å². The Labute approximate surface area is 513 Å². The summed E-state index contributed by atoms with van der Waals surface area (Å²) in [5, 5.41) is 16.7. The van der Waals surface area contributed by atoms with E-state index in [2.05, 4.69) is 162 Å². The molecule has 87 heavy (non-hydrogen) atoms. The van der Waals surface area contributed by atoms with Gasteiger partial charge in [-0.05, 0) is 202 Å². The molecule has 2 saturated heterocycles. The normalized spacial score (nSPS) is 14.4. The van der Waals surface area contributed by atoms with Crippen LogP contribution in [0.1, 0.15) is 139 Å². The molecule has 0 spiro atoms. The van der Waals surface area contributed by atoms with Crippen molar-refractivity contribution >= 4 is 62.0 Å². The molecule has 3 amide bonds. The summed E-state index contributed by atoms with van der Waals surface area (Å²) < 4.78 is 17.8. The van der Waals surface area contributed by atoms with Crippen LogP contribution in [0.2, 0.25) is 0 Å². The second kappa shape index (κ2) is 31.4. The number of fused-ring (bicyclic) bond motifs is 2. The first-order valence-corrected chi connectivity index (χ1v) is 31.2. The minimum absolute atomic E-state index is 0.0122. The van der Waals surface area contributed by atoms with Gasteiger partial charge < -0.3 is 28.9 Å². The molecule has 13 heteroatoms. The number of benzene rings is 6. The molecule has 0 bridgehead atoms. The smallest absolute Gasteiger partial charge is 0.410 e. The van der Waals surface area contributed by atoms with Crippen molar-refractivity contribution in [2.45, 2.75) is 111 Å². The monoisotopic (exact) mass is 1170 g/mol. The van der Waals surface area contributed by atoms with Gasteiger partial charge in [-0.15, -0.1) is 0 Å². The quantitative estimate of drug-likeness (QED) is 0.0387. The predicted molar refractivity (Wildman–Crippen MR) is 352 cm³/mol. The third-order valence-electron chi connectivity index (χ3n) is 15.8. The number of carbonyl (C=O) groups is 3. The molecule has 452 valence electrons. The van der Waals surface area contributed by atoms with Crippen LogP contribution in [0.15, 0.2) is 182 Å². The molecule has 13 nitrogen and oxygen atoms in total. The molecule has 2 aliphatic heterocycles. The Balaban J connectivity index is 0.000000210. The van der Waals surface area contributed by atoms with Crippen LogP contribution in [0, 0.1) is 0 Å². The molecule has 2 N–H and O–H groups in total. The van der Waals surface area contributed by atoms with Crippen molar-refractivity contribution in [3.63, 3.8) is 0 Å². The molecule has 0 radical (unpaired) electrons. The number of hydrogen-bond acceptors (Lipinski definition) is 8. The first-order valence-electron chi connectivity index (χ1n) is 31.2. The summed E-state index contributed by atoms with van der Waals surface area (Å²) in [5.41, 5.74) is 13.3. The lowest BCUT2D eigenvalue weighted by Crippen LogP contribution is -2.39. The first kappa shape index (κ1) is 62.6. The molecule has 0 atom stereocenters. The van der Waals surface area contributed by atoms with E-state index in [4.69, 9.17) is 14.2 Å². The maximum Gasteiger partial charge on any atom is 0.410 e. The van der Waals surface area contributed by atoms with Crippen molar-refractivity contribution < 1.29 is 28.6 Å². The number of unbranched alkanes of at least 4 members (excludes halogenated alkanes) is 2. The maximum absolute atomic E-state index is 13.0. The van der Waals surface area contributed by atoms with Crippen LogP contribution in [0.5, 0.6) is 11.5 Å². The molecule has 6 aromatic carbocycles. The zero-order valence-corrected chi connectivity index (χ0v) is 51.4. The van der Waals surface area contributed by atoms with Crippen LogP contribution in [-0.2, 0) is 14.3 Å². The Morgan fingerprint density at radius 2 is 0.977 bits per heavy atom. The number of aromatic amines is 2. The number of aromatic nitrogens is 4. The summed E-state index contributed by atoms with van der Waals surface area (Å²) in [7, 11) is 0. The van der Waals surface area contributed by atoms with Gasteiger partial charge in [0.2, 0.25) is 11.8 Å². The maximum atomic E-state index is 13.0. The first-order chi connectivity index (χ1) is 42.4. The molecule has 8 aromatic rings. The molecular weight excluding hydrogens is 1080 g/mol. The Morgan fingerprint density at radius 1 is 0.529 bits per heavy atom. The van der Waals surface area contributed by atoms with Gasteiger partial charge in [0.1, 0.15) is 23.7 Å². The van der Waals surface area contributed by atoms with Gasteiger partial charge in [-0.25, -0.2) is 4.79 Å². The van der Waals surface area contributed by atoms with Crippen molar-refractivity contribution in [3.05, 3.63) is 216 Å². The average molecular weight is 1170 g/mol. The van der Waals surface area contributed by atoms with E-state index < -0.39 is 11.7 Å². The van der Waals surface area contributed by atoms with Gasteiger partial charge in [0.05, 0.1) is 36.6 Å². The lowest BCUT2D eigenvalue weighted by atomic mass is 9.88. The second-order valence-electron chi connectivity index (χ2n) is 23.2. The van der Waals surface area contributed by atoms with E-state index in [0.717, 1.165) is 135 Å². The fraction of sp³-hybridized carbons (Fsp3) is 0.338. The highest BCUT2D eigenvalue weighted by Gasteiger charge is 2.23. The van der Waals surface area contributed by atoms with E-state index in [-0.39, 0.29) is 25.0 Å². The Bertz CT molecular complexity index is 3620. The van der Waals surface area contributed by atoms with Gasteiger partial charge in [-0.1, -0.05) is 123 Å². The molecule has 4 heterocycles. The number of H-pyrrole nitrogens is 2. The average Bonchev–Trinajstić information content (AvgIpc) is 2.66. The van der Waals surface area contributed by atoms with E-state index in [0.29, 0.717) is 18.9 Å². The molecular formula is C74H85N7O6. The summed E-state index contributed by atoms with van der Waals surface area (Å²) in [4.78, 5) is 43.2. The molecule has 0 unspecified atom stereocenters. The van der Waals surface area contributed by atoms with Gasteiger partial charge >= 0.3 is 6.09 Å². The number of nitrogens with one attached hydrogen (secondary N) is 2. The third-order valence-corrected chi connectivity index (χ3v) is 15.8. The van der Waals surface area contributed by atoms with Crippen LogP contribution >= 0.6 is 0 Å². The molecule has 2 fully saturated rings. The van der Waals surface area contributed by atoms with Gasteiger partial charge in [0, 0.05) is 49.6 Å². The number of allylic oxidation sites excluding steroid dienone is 3. The summed E-state index contributed by atoms with van der Waals surface area (Å²) in [6, 6.07) is 50.6. The highest BCUT2D eigenvalue weighted by molar-refractivity contribution is 6.02. The Kier molecular flexibility index (Phi) is 22.6. The van der Waals surface area contributed by atoms with Crippen molar-refractivity contribution in [2.24, 2.45) is 0 Å². The number of piperidine rings is 2. The van der Waals surface area contributed by atoms with Crippen LogP contribution in [0.25, 0.3) is 44.1 Å². The van der Waals surface area contributed by atoms with Crippen LogP contribution in [0.4, 0.5) is 4.79 Å². The fourth-order valence-electron chi connectivity index (χ4n) is 11.3. The zero-order valence-electron chi connectivity index (χ0n) is 51.4. The lowest BCUT2D eigenvalue weighted by molar-refractivity contribution is -0.127. The van der Waals surface area contributed by atoms with Crippen LogP contribution < -0.4 is 9.47 Å². The van der Waals surface area contributed by atoms with Gasteiger partial charge in [0.15, 0.2) is 0 Å². The van der Waals surface area contributed by atoms with Crippen LogP contribution in [-0.4, -0.2) is 111 Å². The Hall–Kier alpha value is -8.97. The molecule has 2 aliphatic rings. The number of nitrogens with zero attached hydrogens (tertiary/aromatic N) is 5. The predicted octanol–water partition coefficient (Wildman–Crippen LogP) is 16.2. The number of ether oxygens (including phenoxy) is 3. The summed E-state index contributed by atoms with van der Waals surface area (Å²) in [5.74, 6) is 1.73. The summed E-state index contributed by atoms with van der Waals surface area (Å²) >= 11 is 0. The highest BCUT2D eigenvalue weighted by atomic mass is 16.6. The molecule has 0 aliphatic carbocycles. The van der Waals surface area contributed by atoms with Crippen molar-refractivity contribution in [2.75, 3.05) is 52.5 Å². The number of amides is 3. The number of carbonyl (C=O) groups excluding carboxylic acids is 3. The zero-order chi connectivity index (χ0) is 60.8. The Morgan fingerprint density at radius 3 is 1.44 bits per heavy atom. The number of hydrogen-bond donors (Lipinski definition) is 2. The van der Waals surface area contributed by atoms with E-state index in [1.54, 1.807) is 23.1 Å². The minimum atomic E-state index is -0.635. The number of likely N-dealkylation sites (tertiary alicyclic amines) is 2. The third kappa shape index (κ3) is 17.8. The van der Waals surface area contributed by atoms with Crippen LogP contribution in [0.3, 0.4) is 0 Å². The fourth-order valence-corrected chi connectivity index (χ4v) is 11.3. The highest BCUT2D eigenvalue weighted by Crippen LogP contribution is 2.38. The molecule has 2 aromatic heterocycles. The van der Waals surface area contributed by atoms with E-state index in [1.807, 2.05) is 67.2 Å². The van der Waals surface area contributed by atoms with Crippen molar-refractivity contribution in [3.8, 4) is 11.5 Å². The van der Waals surface area contributed by atoms with Gasteiger partial charge in [-0.2, -0.15) is 10.2 Å². The largest absolute Gasteiger partial charge is 0.494 e. The van der Waals surface area contributed by atoms with Gasteiger partial charge in [0.25, 0.3) is 0 Å². The van der Waals surface area contributed by atoms with Gasteiger partial charge in [-0.3, -0.25) is 19.8 Å². The van der Waals surface area contributed by atoms with E-state index in [9.17, 15) is 14.4 Å². The second-order valence-corrected chi connectivity index (χ2v) is 23.2. The molecule has 10 rings (SSSR count). The summed E-state index contributed by atoms with van der Waals surface area (Å²) in [6.07, 6.45) is 21.7. The van der Waals surface area contributed by atoms with E-state index in [1.165, 1.54) is 45.4 Å². The minimum Gasteiger partial charge on any atom is -0.494 e. The topological polar surface area (TPSA) is 146 Å². The van der Waals surface area contributed by atoms with Crippen molar-refractivity contribution in [1.29, 1.82) is 0 Å². The SMILES string of the molecule is CC/C(=C(/c1ccc(OCCCC/C=C/C(=O)N2CCCCC2)cc1)c1ccc2[nH]ncc2c1)c1ccccc1.CC/C(=C(/c1ccc(OCCN(C/C=C/C(=O)N2CCCCC2)C(=O)OC(C)(C)C)cc1)c1ccc2[nH]ncc2c1)c1ccccc1. The lowest BCUT2D eigenvalue weighted by Gasteiger charge is -2.27. The van der Waals surface area contributed by atoms with Crippen molar-refractivity contribution in [1.82, 2.24) is 35.1 Å². The number of rotatable bonds is 22.